The number of para-hydroxylation sites is 1. The predicted molar refractivity (Wildman–Crippen MR) is 87.4 cm³/mol. The Balaban J connectivity index is 1.92. The monoisotopic (exact) mass is 303 g/mol. The van der Waals surface area contributed by atoms with Crippen LogP contribution in [0.4, 0.5) is 5.69 Å². The molecule has 1 aromatic rings. The molecule has 2 rings (SSSR count). The van der Waals surface area contributed by atoms with Gasteiger partial charge in [-0.2, -0.15) is 17.0 Å². The van der Waals surface area contributed by atoms with E-state index in [9.17, 15) is 4.79 Å². The van der Waals surface area contributed by atoms with Crippen LogP contribution < -0.4 is 5.32 Å². The van der Waals surface area contributed by atoms with Gasteiger partial charge in [0.05, 0.1) is 17.8 Å². The summed E-state index contributed by atoms with van der Waals surface area (Å²) in [5.41, 5.74) is 1.09. The van der Waals surface area contributed by atoms with E-state index in [1.165, 1.54) is 0 Å². The van der Waals surface area contributed by atoms with Crippen molar-refractivity contribution in [1.82, 2.24) is 4.90 Å². The molecule has 21 heavy (non-hydrogen) atoms. The van der Waals surface area contributed by atoms with Gasteiger partial charge in [0.2, 0.25) is 5.91 Å². The summed E-state index contributed by atoms with van der Waals surface area (Å²) in [7, 11) is 0. The molecule has 1 fully saturated rings. The van der Waals surface area contributed by atoms with Crippen molar-refractivity contribution in [1.29, 1.82) is 5.26 Å². The molecule has 1 amide bonds. The van der Waals surface area contributed by atoms with E-state index in [0.717, 1.165) is 25.3 Å². The van der Waals surface area contributed by atoms with Crippen LogP contribution >= 0.6 is 11.8 Å². The highest BCUT2D eigenvalue weighted by Crippen LogP contribution is 2.30. The summed E-state index contributed by atoms with van der Waals surface area (Å²) in [5.74, 6) is 0.997. The van der Waals surface area contributed by atoms with Crippen molar-refractivity contribution < 1.29 is 4.79 Å². The summed E-state index contributed by atoms with van der Waals surface area (Å²) in [6.45, 7) is 6.76. The summed E-state index contributed by atoms with van der Waals surface area (Å²) in [4.78, 5) is 14.3. The third-order valence-electron chi connectivity index (χ3n) is 3.62. The van der Waals surface area contributed by atoms with Crippen molar-refractivity contribution in [2.45, 2.75) is 25.0 Å². The molecule has 0 bridgehead atoms. The standard InChI is InChI=1S/C16H21N3OS/c1-16(2)7-8-19(9-10-21-16)12-15(20)18-14-6-4-3-5-13(14)11-17/h3-6H,7-10,12H2,1-2H3,(H,18,20). The van der Waals surface area contributed by atoms with Crippen LogP contribution in [0.25, 0.3) is 0 Å². The van der Waals surface area contributed by atoms with Crippen molar-refractivity contribution in [3.63, 3.8) is 0 Å². The summed E-state index contributed by atoms with van der Waals surface area (Å²) in [6.07, 6.45) is 1.08. The maximum absolute atomic E-state index is 12.2. The van der Waals surface area contributed by atoms with Gasteiger partial charge in [-0.05, 0) is 18.6 Å². The lowest BCUT2D eigenvalue weighted by Gasteiger charge is -2.22. The van der Waals surface area contributed by atoms with Gasteiger partial charge in [-0.15, -0.1) is 0 Å². The number of rotatable bonds is 3. The number of hydrogen-bond donors (Lipinski definition) is 1. The quantitative estimate of drug-likeness (QED) is 0.933. The van der Waals surface area contributed by atoms with E-state index in [1.807, 2.05) is 17.8 Å². The fourth-order valence-corrected chi connectivity index (χ4v) is 3.44. The molecule has 0 radical (unpaired) electrons. The van der Waals surface area contributed by atoms with E-state index in [2.05, 4.69) is 30.1 Å². The molecular weight excluding hydrogens is 282 g/mol. The Bertz CT molecular complexity index is 551. The van der Waals surface area contributed by atoms with E-state index in [-0.39, 0.29) is 5.91 Å². The number of nitrogens with zero attached hydrogens (tertiary/aromatic N) is 2. The molecule has 0 aromatic heterocycles. The fraction of sp³-hybridized carbons (Fsp3) is 0.500. The minimum absolute atomic E-state index is 0.0533. The maximum Gasteiger partial charge on any atom is 0.238 e. The van der Waals surface area contributed by atoms with E-state index >= 15 is 0 Å². The molecule has 1 saturated heterocycles. The van der Waals surface area contributed by atoms with Gasteiger partial charge in [0, 0.05) is 23.6 Å². The number of carbonyl (C=O) groups excluding carboxylic acids is 1. The molecule has 4 nitrogen and oxygen atoms in total. The molecule has 1 aliphatic rings. The topological polar surface area (TPSA) is 56.1 Å². The minimum Gasteiger partial charge on any atom is -0.324 e. The summed E-state index contributed by atoms with van der Waals surface area (Å²) in [5, 5.41) is 11.9. The summed E-state index contributed by atoms with van der Waals surface area (Å²) in [6, 6.07) is 9.18. The predicted octanol–water partition coefficient (Wildman–Crippen LogP) is 2.71. The second-order valence-electron chi connectivity index (χ2n) is 5.84. The zero-order valence-corrected chi connectivity index (χ0v) is 13.4. The number of benzene rings is 1. The number of nitriles is 1. The third-order valence-corrected chi connectivity index (χ3v) is 4.99. The Morgan fingerprint density at radius 1 is 1.43 bits per heavy atom. The highest BCUT2D eigenvalue weighted by molar-refractivity contribution is 8.00. The molecule has 112 valence electrons. The average molecular weight is 303 g/mol. The van der Waals surface area contributed by atoms with E-state index in [1.54, 1.807) is 18.2 Å². The van der Waals surface area contributed by atoms with Crippen LogP contribution in [-0.4, -0.2) is 40.9 Å². The van der Waals surface area contributed by atoms with Crippen LogP contribution in [0.3, 0.4) is 0 Å². The molecule has 0 aliphatic carbocycles. The molecule has 1 aromatic carbocycles. The van der Waals surface area contributed by atoms with Crippen molar-refractivity contribution in [2.24, 2.45) is 0 Å². The molecule has 0 unspecified atom stereocenters. The largest absolute Gasteiger partial charge is 0.324 e. The molecule has 0 spiro atoms. The number of nitrogens with one attached hydrogen (secondary N) is 1. The molecule has 0 saturated carbocycles. The van der Waals surface area contributed by atoms with Gasteiger partial charge in [-0.1, -0.05) is 26.0 Å². The second kappa shape index (κ2) is 6.97. The minimum atomic E-state index is -0.0533. The molecular formula is C16H21N3OS. The van der Waals surface area contributed by atoms with Gasteiger partial charge >= 0.3 is 0 Å². The number of thioether (sulfide) groups is 1. The van der Waals surface area contributed by atoms with E-state index in [0.29, 0.717) is 22.5 Å². The van der Waals surface area contributed by atoms with Gasteiger partial charge in [0.25, 0.3) is 0 Å². The van der Waals surface area contributed by atoms with Crippen molar-refractivity contribution in [3.05, 3.63) is 29.8 Å². The Hall–Kier alpha value is -1.51. The summed E-state index contributed by atoms with van der Waals surface area (Å²) < 4.78 is 0.290. The lowest BCUT2D eigenvalue weighted by Crippen LogP contribution is -2.35. The maximum atomic E-state index is 12.2. The zero-order chi connectivity index (χ0) is 15.3. The number of carbonyl (C=O) groups is 1. The first-order valence-corrected chi connectivity index (χ1v) is 8.14. The van der Waals surface area contributed by atoms with E-state index < -0.39 is 0 Å². The van der Waals surface area contributed by atoms with Gasteiger partial charge in [0.1, 0.15) is 6.07 Å². The van der Waals surface area contributed by atoms with Crippen LogP contribution in [0.2, 0.25) is 0 Å². The second-order valence-corrected chi connectivity index (χ2v) is 7.64. The van der Waals surface area contributed by atoms with E-state index in [4.69, 9.17) is 5.26 Å². The van der Waals surface area contributed by atoms with Crippen molar-refractivity contribution in [2.75, 3.05) is 30.7 Å². The third kappa shape index (κ3) is 4.76. The Morgan fingerprint density at radius 2 is 2.19 bits per heavy atom. The highest BCUT2D eigenvalue weighted by Gasteiger charge is 2.24. The number of amides is 1. The molecule has 1 heterocycles. The first-order valence-electron chi connectivity index (χ1n) is 7.15. The van der Waals surface area contributed by atoms with Crippen LogP contribution in [0.5, 0.6) is 0 Å². The molecule has 5 heteroatoms. The average Bonchev–Trinajstić information content (AvgIpc) is 2.61. The first kappa shape index (κ1) is 15.9. The highest BCUT2D eigenvalue weighted by atomic mass is 32.2. The van der Waals surface area contributed by atoms with Crippen LogP contribution in [0, 0.1) is 11.3 Å². The zero-order valence-electron chi connectivity index (χ0n) is 12.6. The van der Waals surface area contributed by atoms with Gasteiger partial charge < -0.3 is 5.32 Å². The number of anilines is 1. The molecule has 0 atom stereocenters. The van der Waals surface area contributed by atoms with Crippen molar-refractivity contribution >= 4 is 23.4 Å². The van der Waals surface area contributed by atoms with Gasteiger partial charge in [0.15, 0.2) is 0 Å². The fourth-order valence-electron chi connectivity index (χ4n) is 2.30. The summed E-state index contributed by atoms with van der Waals surface area (Å²) >= 11 is 1.97. The molecule has 1 aliphatic heterocycles. The van der Waals surface area contributed by atoms with Crippen LogP contribution in [0.15, 0.2) is 24.3 Å². The van der Waals surface area contributed by atoms with Gasteiger partial charge in [-0.3, -0.25) is 9.69 Å². The molecule has 1 N–H and O–H groups in total. The Labute approximate surface area is 130 Å². The lowest BCUT2D eigenvalue weighted by molar-refractivity contribution is -0.117. The van der Waals surface area contributed by atoms with Gasteiger partial charge in [-0.25, -0.2) is 0 Å². The van der Waals surface area contributed by atoms with Crippen LogP contribution in [-0.2, 0) is 4.79 Å². The normalized spacial score (nSPS) is 18.5. The van der Waals surface area contributed by atoms with Crippen molar-refractivity contribution in [3.8, 4) is 6.07 Å². The Morgan fingerprint density at radius 3 is 2.95 bits per heavy atom. The Kier molecular flexibility index (Phi) is 5.27. The smallest absolute Gasteiger partial charge is 0.238 e. The van der Waals surface area contributed by atoms with Crippen LogP contribution in [0.1, 0.15) is 25.8 Å². The SMILES string of the molecule is CC1(C)CCN(CC(=O)Nc2ccccc2C#N)CCS1. The first-order chi connectivity index (χ1) is 10.00. The lowest BCUT2D eigenvalue weighted by atomic mass is 10.1. The number of hydrogen-bond acceptors (Lipinski definition) is 4.